The van der Waals surface area contributed by atoms with Crippen molar-refractivity contribution in [3.05, 3.63) is 32.2 Å². The van der Waals surface area contributed by atoms with Crippen molar-refractivity contribution in [2.24, 2.45) is 5.10 Å². The van der Waals surface area contributed by atoms with E-state index in [1.54, 1.807) is 6.21 Å². The Balaban J connectivity index is 1.86. The molecule has 3 aromatic rings. The molecule has 3 heterocycles. The van der Waals surface area contributed by atoms with Crippen molar-refractivity contribution in [2.75, 3.05) is 18.8 Å². The molecule has 0 saturated heterocycles. The molecule has 0 unspecified atom stereocenters. The summed E-state index contributed by atoms with van der Waals surface area (Å²) >= 11 is 4.87. The zero-order valence-electron chi connectivity index (χ0n) is 15.2. The molecule has 148 valence electrons. The highest BCUT2D eigenvalue weighted by Gasteiger charge is 2.24. The topological polar surface area (TPSA) is 140 Å². The normalized spacial score (nSPS) is 11.6. The number of hydrogen-bond donors (Lipinski definition) is 2. The lowest BCUT2D eigenvalue weighted by Gasteiger charge is -2.18. The van der Waals surface area contributed by atoms with Crippen molar-refractivity contribution in [1.82, 2.24) is 35.6 Å². The third kappa shape index (κ3) is 4.43. The van der Waals surface area contributed by atoms with Crippen LogP contribution in [0.4, 0.5) is 5.82 Å². The lowest BCUT2D eigenvalue weighted by atomic mass is 10.2. The smallest absolute Gasteiger partial charge is 0.293 e. The summed E-state index contributed by atoms with van der Waals surface area (Å²) in [5.74, 6) is -0.255. The van der Waals surface area contributed by atoms with Crippen LogP contribution in [0, 0.1) is 0 Å². The van der Waals surface area contributed by atoms with Crippen LogP contribution in [0.2, 0.25) is 0 Å². The fourth-order valence-electron chi connectivity index (χ4n) is 2.39. The average molecular weight is 468 g/mol. The number of thiophene rings is 1. The van der Waals surface area contributed by atoms with Gasteiger partial charge in [-0.2, -0.15) is 9.78 Å². The molecule has 0 bridgehead atoms. The minimum Gasteiger partial charge on any atom is -0.378 e. The number of nitrogens with zero attached hydrogens (tertiary/aromatic N) is 7. The molecule has 0 aliphatic carbocycles. The fourth-order valence-corrected chi connectivity index (χ4v) is 3.69. The summed E-state index contributed by atoms with van der Waals surface area (Å²) < 4.78 is 6.98. The van der Waals surface area contributed by atoms with E-state index in [0.29, 0.717) is 12.2 Å². The maximum Gasteiger partial charge on any atom is 0.293 e. The second-order valence-corrected chi connectivity index (χ2v) is 8.07. The van der Waals surface area contributed by atoms with Crippen LogP contribution < -0.4 is 11.2 Å². The van der Waals surface area contributed by atoms with Gasteiger partial charge in [-0.05, 0) is 51.5 Å². The molecule has 28 heavy (non-hydrogen) atoms. The maximum atomic E-state index is 12.6. The molecule has 0 saturated carbocycles. The second-order valence-electron chi connectivity index (χ2n) is 5.57. The molecule has 0 fully saturated rings. The van der Waals surface area contributed by atoms with Crippen LogP contribution in [0.3, 0.4) is 0 Å². The Hall–Kier alpha value is -2.64. The zero-order chi connectivity index (χ0) is 20.1. The summed E-state index contributed by atoms with van der Waals surface area (Å²) in [4.78, 5) is 15.6. The summed E-state index contributed by atoms with van der Waals surface area (Å²) in [6.45, 7) is 6.01. The minimum absolute atomic E-state index is 0.0546. The maximum absolute atomic E-state index is 12.6. The summed E-state index contributed by atoms with van der Waals surface area (Å²) in [7, 11) is 0. The first kappa shape index (κ1) is 20.1. The van der Waals surface area contributed by atoms with E-state index in [-0.39, 0.29) is 17.3 Å². The number of hydrazone groups is 1. The number of carbonyl (C=O) groups excluding carboxylic acids is 1. The Bertz CT molecular complexity index is 976. The summed E-state index contributed by atoms with van der Waals surface area (Å²) in [5, 5.41) is 19.3. The van der Waals surface area contributed by atoms with Gasteiger partial charge in [-0.3, -0.25) is 9.69 Å². The standard InChI is InChI=1S/C15H18BrN9O2S/c1-3-24(4-2)8-10-12(19-23-25(10)14-13(17)21-27-22-14)15(26)20-18-7-9-5-6-11(16)28-9/h5-7H,3-4,8H2,1-2H3,(H2,17,21)(H,20,26). The zero-order valence-corrected chi connectivity index (χ0v) is 17.6. The largest absolute Gasteiger partial charge is 0.378 e. The number of nitrogen functional groups attached to an aromatic ring is 1. The van der Waals surface area contributed by atoms with Gasteiger partial charge in [-0.15, -0.1) is 16.4 Å². The first-order valence-electron chi connectivity index (χ1n) is 8.37. The molecule has 0 atom stereocenters. The Labute approximate surface area is 172 Å². The summed E-state index contributed by atoms with van der Waals surface area (Å²) in [5.41, 5.74) is 8.88. The van der Waals surface area contributed by atoms with Crippen LogP contribution in [-0.2, 0) is 6.54 Å². The molecule has 11 nitrogen and oxygen atoms in total. The Morgan fingerprint density at radius 2 is 2.21 bits per heavy atom. The van der Waals surface area contributed by atoms with Crippen molar-refractivity contribution in [3.8, 4) is 5.82 Å². The first-order valence-corrected chi connectivity index (χ1v) is 9.98. The Morgan fingerprint density at radius 1 is 1.43 bits per heavy atom. The molecule has 3 rings (SSSR count). The van der Waals surface area contributed by atoms with Gasteiger partial charge in [0.05, 0.1) is 15.7 Å². The molecule has 3 aromatic heterocycles. The summed E-state index contributed by atoms with van der Waals surface area (Å²) in [6, 6.07) is 3.78. The van der Waals surface area contributed by atoms with Gasteiger partial charge in [0.2, 0.25) is 11.6 Å². The summed E-state index contributed by atoms with van der Waals surface area (Å²) in [6.07, 6.45) is 1.56. The molecule has 1 amide bonds. The van der Waals surface area contributed by atoms with E-state index in [0.717, 1.165) is 21.8 Å². The van der Waals surface area contributed by atoms with Crippen LogP contribution in [-0.4, -0.2) is 55.4 Å². The van der Waals surface area contributed by atoms with Crippen molar-refractivity contribution in [1.29, 1.82) is 0 Å². The van der Waals surface area contributed by atoms with Crippen molar-refractivity contribution in [2.45, 2.75) is 20.4 Å². The van der Waals surface area contributed by atoms with E-state index in [2.05, 4.69) is 56.6 Å². The van der Waals surface area contributed by atoms with E-state index in [1.165, 1.54) is 16.0 Å². The molecule has 13 heteroatoms. The number of nitrogens with two attached hydrogens (primary N) is 1. The predicted molar refractivity (Wildman–Crippen MR) is 107 cm³/mol. The average Bonchev–Trinajstić information content (AvgIpc) is 3.39. The molecule has 3 N–H and O–H groups in total. The van der Waals surface area contributed by atoms with Crippen molar-refractivity contribution < 1.29 is 9.42 Å². The van der Waals surface area contributed by atoms with Gasteiger partial charge in [0, 0.05) is 11.4 Å². The number of amides is 1. The SMILES string of the molecule is CCN(CC)Cc1c(C(=O)NN=Cc2ccc(Br)s2)nnn1-c1nonc1N. The van der Waals surface area contributed by atoms with Crippen LogP contribution in [0.1, 0.15) is 34.9 Å². The van der Waals surface area contributed by atoms with Gasteiger partial charge in [0.15, 0.2) is 5.69 Å². The highest BCUT2D eigenvalue weighted by Crippen LogP contribution is 2.20. The lowest BCUT2D eigenvalue weighted by molar-refractivity contribution is 0.0948. The van der Waals surface area contributed by atoms with Crippen LogP contribution >= 0.6 is 27.3 Å². The second kappa shape index (κ2) is 9.03. The van der Waals surface area contributed by atoms with Crippen molar-refractivity contribution in [3.63, 3.8) is 0 Å². The van der Waals surface area contributed by atoms with Gasteiger partial charge in [-0.1, -0.05) is 19.1 Å². The van der Waals surface area contributed by atoms with Gasteiger partial charge in [0.1, 0.15) is 0 Å². The third-order valence-electron chi connectivity index (χ3n) is 3.89. The molecule has 0 spiro atoms. The molecule has 0 radical (unpaired) electrons. The molecular weight excluding hydrogens is 450 g/mol. The molecular formula is C15H18BrN9O2S. The Morgan fingerprint density at radius 3 is 2.82 bits per heavy atom. The molecule has 0 aliphatic rings. The molecule has 0 aromatic carbocycles. The van der Waals surface area contributed by atoms with Crippen LogP contribution in [0.15, 0.2) is 25.6 Å². The lowest BCUT2D eigenvalue weighted by Crippen LogP contribution is -2.27. The number of aromatic nitrogens is 5. The number of carbonyl (C=O) groups is 1. The van der Waals surface area contributed by atoms with E-state index in [4.69, 9.17) is 5.73 Å². The number of rotatable bonds is 8. The fraction of sp³-hybridized carbons (Fsp3) is 0.333. The number of hydrogen-bond acceptors (Lipinski definition) is 10. The van der Waals surface area contributed by atoms with Crippen LogP contribution in [0.25, 0.3) is 5.82 Å². The van der Waals surface area contributed by atoms with Gasteiger partial charge >= 0.3 is 0 Å². The number of anilines is 1. The molecule has 0 aliphatic heterocycles. The van der Waals surface area contributed by atoms with Gasteiger partial charge in [0.25, 0.3) is 5.91 Å². The minimum atomic E-state index is -0.490. The Kier molecular flexibility index (Phi) is 6.49. The van der Waals surface area contributed by atoms with E-state index >= 15 is 0 Å². The van der Waals surface area contributed by atoms with E-state index in [9.17, 15) is 4.79 Å². The quantitative estimate of drug-likeness (QED) is 0.376. The van der Waals surface area contributed by atoms with Gasteiger partial charge < -0.3 is 5.73 Å². The third-order valence-corrected chi connectivity index (χ3v) is 5.45. The van der Waals surface area contributed by atoms with Gasteiger partial charge in [-0.25, -0.2) is 10.1 Å². The predicted octanol–water partition coefficient (Wildman–Crippen LogP) is 1.66. The number of nitrogens with one attached hydrogen (secondary N) is 1. The highest BCUT2D eigenvalue weighted by atomic mass is 79.9. The number of halogens is 1. The van der Waals surface area contributed by atoms with E-state index in [1.807, 2.05) is 26.0 Å². The monoisotopic (exact) mass is 467 g/mol. The highest BCUT2D eigenvalue weighted by molar-refractivity contribution is 9.11. The first-order chi connectivity index (χ1) is 13.5. The van der Waals surface area contributed by atoms with E-state index < -0.39 is 5.91 Å². The van der Waals surface area contributed by atoms with Crippen molar-refractivity contribution >= 4 is 45.2 Å². The van der Waals surface area contributed by atoms with Crippen LogP contribution in [0.5, 0.6) is 0 Å².